The van der Waals surface area contributed by atoms with Crippen LogP contribution >= 0.6 is 11.3 Å². The van der Waals surface area contributed by atoms with Crippen LogP contribution in [0.15, 0.2) is 52.2 Å². The van der Waals surface area contributed by atoms with Gasteiger partial charge in [0.15, 0.2) is 0 Å². The zero-order valence-electron chi connectivity index (χ0n) is 7.97. The molecule has 2 rings (SSSR count). The molecule has 1 aromatic heterocycles. The fourth-order valence-electron chi connectivity index (χ4n) is 1.42. The van der Waals surface area contributed by atoms with Crippen LogP contribution in [-0.4, -0.2) is 12.8 Å². The van der Waals surface area contributed by atoms with Gasteiger partial charge in [0.2, 0.25) is 0 Å². The Labute approximate surface area is 87.8 Å². The molecular formula is C12H11NS. The van der Waals surface area contributed by atoms with Crippen molar-refractivity contribution >= 4 is 17.0 Å². The van der Waals surface area contributed by atoms with Crippen molar-refractivity contribution in [2.75, 3.05) is 7.05 Å². The minimum atomic E-state index is 1.06. The zero-order valence-corrected chi connectivity index (χ0v) is 8.79. The number of hydrogen-bond donors (Lipinski definition) is 0. The van der Waals surface area contributed by atoms with Crippen LogP contribution in [0.4, 0.5) is 0 Å². The average Bonchev–Trinajstić information content (AvgIpc) is 2.74. The summed E-state index contributed by atoms with van der Waals surface area (Å²) < 4.78 is 0. The Balaban J connectivity index is 2.43. The lowest BCUT2D eigenvalue weighted by molar-refractivity contribution is 1.42. The van der Waals surface area contributed by atoms with Gasteiger partial charge in [0.05, 0.1) is 5.71 Å². The van der Waals surface area contributed by atoms with E-state index in [1.54, 1.807) is 11.3 Å². The number of aliphatic imine (C=N–C) groups is 1. The first-order valence-corrected chi connectivity index (χ1v) is 5.41. The summed E-state index contributed by atoms with van der Waals surface area (Å²) in [5.74, 6) is 0. The second kappa shape index (κ2) is 4.20. The smallest absolute Gasteiger partial charge is 0.0723 e. The lowest BCUT2D eigenvalue weighted by Gasteiger charge is -2.02. The van der Waals surface area contributed by atoms with E-state index in [9.17, 15) is 0 Å². The summed E-state index contributed by atoms with van der Waals surface area (Å²) in [7, 11) is 1.83. The Morgan fingerprint density at radius 2 is 1.86 bits per heavy atom. The minimum absolute atomic E-state index is 1.06. The Kier molecular flexibility index (Phi) is 2.75. The van der Waals surface area contributed by atoms with Gasteiger partial charge in [0.1, 0.15) is 0 Å². The lowest BCUT2D eigenvalue weighted by atomic mass is 10.1. The van der Waals surface area contributed by atoms with Gasteiger partial charge in [0, 0.05) is 23.6 Å². The van der Waals surface area contributed by atoms with Crippen molar-refractivity contribution in [3.05, 3.63) is 58.3 Å². The summed E-state index contributed by atoms with van der Waals surface area (Å²) in [6, 6.07) is 12.4. The maximum Gasteiger partial charge on any atom is 0.0723 e. The normalized spacial score (nSPS) is 11.6. The number of hydrogen-bond acceptors (Lipinski definition) is 2. The molecule has 0 N–H and O–H groups in total. The maximum atomic E-state index is 4.32. The minimum Gasteiger partial charge on any atom is -0.287 e. The monoisotopic (exact) mass is 201 g/mol. The Hall–Kier alpha value is -1.41. The van der Waals surface area contributed by atoms with Gasteiger partial charge >= 0.3 is 0 Å². The molecule has 0 saturated heterocycles. The highest BCUT2D eigenvalue weighted by Gasteiger charge is 2.04. The number of rotatable bonds is 2. The van der Waals surface area contributed by atoms with Crippen LogP contribution in [0.25, 0.3) is 0 Å². The van der Waals surface area contributed by atoms with Crippen molar-refractivity contribution in [2.45, 2.75) is 0 Å². The van der Waals surface area contributed by atoms with E-state index in [0.717, 1.165) is 5.71 Å². The molecule has 1 heterocycles. The van der Waals surface area contributed by atoms with Crippen molar-refractivity contribution in [3.63, 3.8) is 0 Å². The first-order valence-electron chi connectivity index (χ1n) is 4.46. The van der Waals surface area contributed by atoms with Crippen molar-refractivity contribution in [3.8, 4) is 0 Å². The van der Waals surface area contributed by atoms with Crippen LogP contribution in [0.5, 0.6) is 0 Å². The van der Waals surface area contributed by atoms with E-state index in [0.29, 0.717) is 0 Å². The van der Waals surface area contributed by atoms with E-state index in [2.05, 4.69) is 34.0 Å². The topological polar surface area (TPSA) is 12.4 Å². The molecule has 0 fully saturated rings. The highest BCUT2D eigenvalue weighted by Crippen LogP contribution is 2.13. The lowest BCUT2D eigenvalue weighted by Crippen LogP contribution is -2.00. The van der Waals surface area contributed by atoms with Crippen molar-refractivity contribution < 1.29 is 0 Å². The van der Waals surface area contributed by atoms with Crippen LogP contribution in [0.1, 0.15) is 11.1 Å². The van der Waals surface area contributed by atoms with Gasteiger partial charge in [-0.2, -0.15) is 11.3 Å². The molecule has 1 nitrogen and oxygen atoms in total. The molecule has 0 unspecified atom stereocenters. The summed E-state index contributed by atoms with van der Waals surface area (Å²) in [6.45, 7) is 0. The molecule has 2 aromatic rings. The predicted octanol–water partition coefficient (Wildman–Crippen LogP) is 3.22. The fourth-order valence-corrected chi connectivity index (χ4v) is 2.06. The van der Waals surface area contributed by atoms with Crippen LogP contribution in [-0.2, 0) is 0 Å². The Morgan fingerprint density at radius 1 is 1.07 bits per heavy atom. The van der Waals surface area contributed by atoms with E-state index in [1.165, 1.54) is 11.1 Å². The first kappa shape index (κ1) is 9.16. The summed E-state index contributed by atoms with van der Waals surface area (Å²) in [5.41, 5.74) is 3.43. The second-order valence-electron chi connectivity index (χ2n) is 2.95. The molecule has 0 spiro atoms. The van der Waals surface area contributed by atoms with E-state index >= 15 is 0 Å². The number of thiophene rings is 1. The molecule has 70 valence electrons. The second-order valence-corrected chi connectivity index (χ2v) is 3.73. The molecule has 0 aliphatic carbocycles. The van der Waals surface area contributed by atoms with E-state index in [1.807, 2.05) is 25.2 Å². The largest absolute Gasteiger partial charge is 0.287 e. The molecule has 0 radical (unpaired) electrons. The molecule has 1 aromatic carbocycles. The standard InChI is InChI=1S/C12H11NS/c1-13-12(11-7-8-14-9-11)10-5-3-2-4-6-10/h2-9H,1H3. The fraction of sp³-hybridized carbons (Fsp3) is 0.0833. The number of nitrogens with zero attached hydrogens (tertiary/aromatic N) is 1. The zero-order chi connectivity index (χ0) is 9.80. The van der Waals surface area contributed by atoms with Gasteiger partial charge in [-0.25, -0.2) is 0 Å². The third-order valence-electron chi connectivity index (χ3n) is 2.07. The van der Waals surface area contributed by atoms with Crippen molar-refractivity contribution in [2.24, 2.45) is 4.99 Å². The predicted molar refractivity (Wildman–Crippen MR) is 62.3 cm³/mol. The molecule has 0 atom stereocenters. The summed E-state index contributed by atoms with van der Waals surface area (Å²) in [6.07, 6.45) is 0. The van der Waals surface area contributed by atoms with Crippen molar-refractivity contribution in [1.29, 1.82) is 0 Å². The molecular weight excluding hydrogens is 190 g/mol. The molecule has 0 amide bonds. The SMILES string of the molecule is CN=C(c1ccccc1)c1ccsc1. The molecule has 0 bridgehead atoms. The third-order valence-corrected chi connectivity index (χ3v) is 2.75. The molecule has 0 aliphatic heterocycles. The van der Waals surface area contributed by atoms with Gasteiger partial charge < -0.3 is 0 Å². The summed E-state index contributed by atoms with van der Waals surface area (Å²) in [5, 5.41) is 4.19. The van der Waals surface area contributed by atoms with Gasteiger partial charge in [-0.1, -0.05) is 30.3 Å². The molecule has 14 heavy (non-hydrogen) atoms. The Bertz CT molecular complexity index is 415. The summed E-state index contributed by atoms with van der Waals surface area (Å²) in [4.78, 5) is 4.32. The highest BCUT2D eigenvalue weighted by molar-refractivity contribution is 7.08. The van der Waals surface area contributed by atoms with Gasteiger partial charge in [-0.05, 0) is 11.4 Å². The van der Waals surface area contributed by atoms with E-state index < -0.39 is 0 Å². The van der Waals surface area contributed by atoms with E-state index in [-0.39, 0.29) is 0 Å². The van der Waals surface area contributed by atoms with Gasteiger partial charge in [-0.15, -0.1) is 0 Å². The van der Waals surface area contributed by atoms with E-state index in [4.69, 9.17) is 0 Å². The van der Waals surface area contributed by atoms with Gasteiger partial charge in [0.25, 0.3) is 0 Å². The van der Waals surface area contributed by atoms with Crippen molar-refractivity contribution in [1.82, 2.24) is 0 Å². The highest BCUT2D eigenvalue weighted by atomic mass is 32.1. The van der Waals surface area contributed by atoms with Gasteiger partial charge in [-0.3, -0.25) is 4.99 Å². The third kappa shape index (κ3) is 1.75. The molecule has 2 heteroatoms. The first-order chi connectivity index (χ1) is 6.92. The van der Waals surface area contributed by atoms with Crippen LogP contribution in [0.3, 0.4) is 0 Å². The quantitative estimate of drug-likeness (QED) is 0.662. The average molecular weight is 201 g/mol. The van der Waals surface area contributed by atoms with Crippen LogP contribution in [0.2, 0.25) is 0 Å². The maximum absolute atomic E-state index is 4.32. The van der Waals surface area contributed by atoms with Crippen LogP contribution in [0, 0.1) is 0 Å². The Morgan fingerprint density at radius 3 is 2.43 bits per heavy atom. The molecule has 0 saturated carbocycles. The van der Waals surface area contributed by atoms with Crippen LogP contribution < -0.4 is 0 Å². The summed E-state index contributed by atoms with van der Waals surface area (Å²) >= 11 is 1.70. The number of benzene rings is 1. The molecule has 0 aliphatic rings.